The molecule has 1 heterocycles. The number of aliphatic imine (C=N–C) groups is 1. The van der Waals surface area contributed by atoms with Crippen LogP contribution in [0.15, 0.2) is 4.99 Å². The van der Waals surface area contributed by atoms with Gasteiger partial charge in [-0.2, -0.15) is 0 Å². The molecule has 1 nitrogen and oxygen atoms in total. The van der Waals surface area contributed by atoms with Crippen molar-refractivity contribution in [1.82, 2.24) is 0 Å². The molecule has 0 unspecified atom stereocenters. The van der Waals surface area contributed by atoms with Crippen LogP contribution >= 0.6 is 0 Å². The quantitative estimate of drug-likeness (QED) is 0.434. The number of hydrogen-bond donors (Lipinski definition) is 0. The van der Waals surface area contributed by atoms with Crippen molar-refractivity contribution < 1.29 is 17.1 Å². The smallest absolute Gasteiger partial charge is 0.0388 e. The van der Waals surface area contributed by atoms with E-state index in [0.717, 1.165) is 6.54 Å². The first kappa shape index (κ1) is 6.19. The molecule has 0 fully saturated rings. The van der Waals surface area contributed by atoms with E-state index in [1.165, 1.54) is 12.8 Å². The van der Waals surface area contributed by atoms with E-state index < -0.39 is 0 Å². The fraction of sp³-hybridized carbons (Fsp3) is 0.750. The molecule has 1 aliphatic heterocycles. The largest absolute Gasteiger partial charge is 0.298 e. The molecule has 0 bridgehead atoms. The summed E-state index contributed by atoms with van der Waals surface area (Å²) in [4.78, 5) is 3.96. The molecule has 0 N–H and O–H groups in total. The Bertz CT molecular complexity index is 45.5. The number of rotatable bonds is 0. The van der Waals surface area contributed by atoms with Gasteiger partial charge in [0.1, 0.15) is 0 Å². The van der Waals surface area contributed by atoms with Gasteiger partial charge in [0.15, 0.2) is 0 Å². The molecular formula is C4H7CuN. The van der Waals surface area contributed by atoms with Crippen molar-refractivity contribution in [2.45, 2.75) is 12.8 Å². The summed E-state index contributed by atoms with van der Waals surface area (Å²) < 4.78 is 0. The maximum Gasteiger partial charge on any atom is 0.0388 e. The summed E-state index contributed by atoms with van der Waals surface area (Å²) in [5.74, 6) is 0. The molecule has 0 aromatic carbocycles. The Morgan fingerprint density at radius 2 is 2.33 bits per heavy atom. The van der Waals surface area contributed by atoms with E-state index in [9.17, 15) is 0 Å². The monoisotopic (exact) mass is 132 g/mol. The van der Waals surface area contributed by atoms with E-state index in [4.69, 9.17) is 0 Å². The Labute approximate surface area is 48.3 Å². The first-order valence-electron chi connectivity index (χ1n) is 1.98. The van der Waals surface area contributed by atoms with E-state index in [1.807, 2.05) is 6.21 Å². The van der Waals surface area contributed by atoms with E-state index in [2.05, 4.69) is 4.99 Å². The van der Waals surface area contributed by atoms with E-state index in [-0.39, 0.29) is 17.1 Å². The number of hydrogen-bond acceptors (Lipinski definition) is 1. The fourth-order valence-corrected chi connectivity index (χ4v) is 0.456. The van der Waals surface area contributed by atoms with Gasteiger partial charge in [-0.15, -0.1) is 0 Å². The maximum atomic E-state index is 3.96. The minimum Gasteiger partial charge on any atom is -0.298 e. The molecule has 0 aromatic rings. The third-order valence-corrected chi connectivity index (χ3v) is 0.750. The van der Waals surface area contributed by atoms with Crippen LogP contribution in [0.1, 0.15) is 12.8 Å². The average molecular weight is 133 g/mol. The first-order valence-corrected chi connectivity index (χ1v) is 1.98. The zero-order chi connectivity index (χ0) is 3.54. The summed E-state index contributed by atoms with van der Waals surface area (Å²) in [5, 5.41) is 0. The molecule has 0 aromatic heterocycles. The SMILES string of the molecule is C1=NCCC1.[Cu]. The topological polar surface area (TPSA) is 12.4 Å². The molecule has 0 spiro atoms. The molecule has 39 valence electrons. The second kappa shape index (κ2) is 3.38. The molecule has 1 radical (unpaired) electrons. The van der Waals surface area contributed by atoms with Gasteiger partial charge in [-0.1, -0.05) is 0 Å². The molecule has 1 rings (SSSR count). The van der Waals surface area contributed by atoms with Gasteiger partial charge < -0.3 is 0 Å². The summed E-state index contributed by atoms with van der Waals surface area (Å²) >= 11 is 0. The Hall–Kier alpha value is 0.189. The second-order valence-corrected chi connectivity index (χ2v) is 1.23. The summed E-state index contributed by atoms with van der Waals surface area (Å²) in [6, 6.07) is 0. The van der Waals surface area contributed by atoms with Gasteiger partial charge >= 0.3 is 0 Å². The van der Waals surface area contributed by atoms with Crippen molar-refractivity contribution in [3.05, 3.63) is 0 Å². The van der Waals surface area contributed by atoms with Crippen LogP contribution in [0, 0.1) is 0 Å². The Balaban J connectivity index is 0.000000250. The predicted octanol–water partition coefficient (Wildman–Crippen LogP) is 0.849. The van der Waals surface area contributed by atoms with Crippen molar-refractivity contribution in [2.75, 3.05) is 6.54 Å². The maximum absolute atomic E-state index is 3.96. The van der Waals surface area contributed by atoms with Gasteiger partial charge in [0.25, 0.3) is 0 Å². The summed E-state index contributed by atoms with van der Waals surface area (Å²) in [5.41, 5.74) is 0. The Morgan fingerprint density at radius 3 is 2.50 bits per heavy atom. The molecule has 0 saturated carbocycles. The first-order chi connectivity index (χ1) is 2.50. The molecular weight excluding hydrogens is 126 g/mol. The van der Waals surface area contributed by atoms with Gasteiger partial charge in [0.05, 0.1) is 0 Å². The van der Waals surface area contributed by atoms with E-state index in [1.54, 1.807) is 0 Å². The van der Waals surface area contributed by atoms with Gasteiger partial charge in [0, 0.05) is 23.6 Å². The van der Waals surface area contributed by atoms with Crippen LogP contribution in [0.3, 0.4) is 0 Å². The van der Waals surface area contributed by atoms with E-state index in [0.29, 0.717) is 0 Å². The van der Waals surface area contributed by atoms with Crippen LogP contribution in [-0.4, -0.2) is 12.8 Å². The van der Waals surface area contributed by atoms with Crippen molar-refractivity contribution in [3.8, 4) is 0 Å². The van der Waals surface area contributed by atoms with Crippen LogP contribution in [-0.2, 0) is 17.1 Å². The zero-order valence-corrected chi connectivity index (χ0v) is 4.39. The van der Waals surface area contributed by atoms with Crippen LogP contribution in [0.4, 0.5) is 0 Å². The minimum atomic E-state index is 0. The third-order valence-electron chi connectivity index (χ3n) is 0.750. The summed E-state index contributed by atoms with van der Waals surface area (Å²) in [6.45, 7) is 1.07. The van der Waals surface area contributed by atoms with Crippen LogP contribution < -0.4 is 0 Å². The Morgan fingerprint density at radius 1 is 1.50 bits per heavy atom. The van der Waals surface area contributed by atoms with Gasteiger partial charge in [0.2, 0.25) is 0 Å². The summed E-state index contributed by atoms with van der Waals surface area (Å²) in [6.07, 6.45) is 4.47. The van der Waals surface area contributed by atoms with Gasteiger partial charge in [-0.05, 0) is 19.1 Å². The van der Waals surface area contributed by atoms with Crippen LogP contribution in [0.25, 0.3) is 0 Å². The van der Waals surface area contributed by atoms with E-state index >= 15 is 0 Å². The molecule has 0 saturated heterocycles. The molecule has 0 atom stereocenters. The predicted molar refractivity (Wildman–Crippen MR) is 22.6 cm³/mol. The fourth-order valence-electron chi connectivity index (χ4n) is 0.456. The van der Waals surface area contributed by atoms with Crippen molar-refractivity contribution in [3.63, 3.8) is 0 Å². The minimum absolute atomic E-state index is 0. The van der Waals surface area contributed by atoms with Crippen molar-refractivity contribution >= 4 is 6.21 Å². The van der Waals surface area contributed by atoms with Crippen molar-refractivity contribution in [1.29, 1.82) is 0 Å². The Kier molecular flexibility index (Phi) is 3.49. The standard InChI is InChI=1S/C4H7N.Cu/c1-2-4-5-3-1;/h3H,1-2,4H2;. The molecule has 0 aliphatic carbocycles. The normalized spacial score (nSPS) is 17.3. The number of nitrogens with zero attached hydrogens (tertiary/aromatic N) is 1. The summed E-state index contributed by atoms with van der Waals surface area (Å²) in [7, 11) is 0. The third kappa shape index (κ3) is 1.58. The second-order valence-electron chi connectivity index (χ2n) is 1.23. The van der Waals surface area contributed by atoms with Gasteiger partial charge in [-0.3, -0.25) is 4.99 Å². The van der Waals surface area contributed by atoms with Gasteiger partial charge in [-0.25, -0.2) is 0 Å². The van der Waals surface area contributed by atoms with Crippen LogP contribution in [0.5, 0.6) is 0 Å². The molecule has 0 amide bonds. The van der Waals surface area contributed by atoms with Crippen LogP contribution in [0.2, 0.25) is 0 Å². The molecule has 6 heavy (non-hydrogen) atoms. The van der Waals surface area contributed by atoms with Crippen molar-refractivity contribution in [2.24, 2.45) is 4.99 Å². The zero-order valence-electron chi connectivity index (χ0n) is 3.45. The molecule has 1 aliphatic rings. The molecule has 2 heteroatoms. The average Bonchev–Trinajstić information content (AvgIpc) is 1.76.